The highest BCUT2D eigenvalue weighted by Crippen LogP contribution is 2.11. The second-order valence-electron chi connectivity index (χ2n) is 4.13. The van der Waals surface area contributed by atoms with Gasteiger partial charge in [0.1, 0.15) is 0 Å². The highest BCUT2D eigenvalue weighted by atomic mass is 16.5. The highest BCUT2D eigenvalue weighted by Gasteiger charge is 2.06. The second kappa shape index (κ2) is 8.13. The van der Waals surface area contributed by atoms with Crippen molar-refractivity contribution >= 4 is 17.6 Å². The first-order valence-corrected chi connectivity index (χ1v) is 6.36. The standard InChI is InChI=1S/C14H20N2O3/c1-3-4-8-15-13(17)10-16-12-7-5-6-11(9-12)14(18)19-2/h5-7,9,16H,3-4,8,10H2,1-2H3,(H,15,17). The van der Waals surface area contributed by atoms with Gasteiger partial charge in [-0.2, -0.15) is 0 Å². The van der Waals surface area contributed by atoms with E-state index in [9.17, 15) is 9.59 Å². The monoisotopic (exact) mass is 264 g/mol. The zero-order chi connectivity index (χ0) is 14.1. The average Bonchev–Trinajstić information content (AvgIpc) is 2.45. The van der Waals surface area contributed by atoms with Gasteiger partial charge >= 0.3 is 5.97 Å². The summed E-state index contributed by atoms with van der Waals surface area (Å²) >= 11 is 0. The minimum absolute atomic E-state index is 0.0584. The molecule has 0 aliphatic carbocycles. The lowest BCUT2D eigenvalue weighted by molar-refractivity contribution is -0.119. The molecule has 104 valence electrons. The molecule has 2 N–H and O–H groups in total. The summed E-state index contributed by atoms with van der Waals surface area (Å²) in [5.74, 6) is -0.451. The Balaban J connectivity index is 2.44. The number of hydrogen-bond acceptors (Lipinski definition) is 4. The molecule has 5 heteroatoms. The summed E-state index contributed by atoms with van der Waals surface area (Å²) in [7, 11) is 1.34. The number of nitrogens with one attached hydrogen (secondary N) is 2. The number of carbonyl (C=O) groups is 2. The molecule has 0 aliphatic heterocycles. The van der Waals surface area contributed by atoms with Crippen LogP contribution in [0.4, 0.5) is 5.69 Å². The van der Waals surface area contributed by atoms with Crippen LogP contribution >= 0.6 is 0 Å². The number of esters is 1. The molecule has 1 amide bonds. The second-order valence-corrected chi connectivity index (χ2v) is 4.13. The molecule has 0 unspecified atom stereocenters. The first kappa shape index (κ1) is 15.0. The summed E-state index contributed by atoms with van der Waals surface area (Å²) in [6, 6.07) is 6.86. The van der Waals surface area contributed by atoms with Crippen LogP contribution in [0.25, 0.3) is 0 Å². The fraction of sp³-hybridized carbons (Fsp3) is 0.429. The van der Waals surface area contributed by atoms with E-state index in [0.717, 1.165) is 12.8 Å². The third-order valence-electron chi connectivity index (χ3n) is 2.59. The van der Waals surface area contributed by atoms with Gasteiger partial charge < -0.3 is 15.4 Å². The number of rotatable bonds is 7. The number of anilines is 1. The summed E-state index contributed by atoms with van der Waals surface area (Å²) in [6.45, 7) is 2.95. The van der Waals surface area contributed by atoms with Crippen LogP contribution < -0.4 is 10.6 Å². The Labute approximate surface area is 113 Å². The summed E-state index contributed by atoms with van der Waals surface area (Å²) in [5, 5.41) is 5.78. The molecule has 0 radical (unpaired) electrons. The highest BCUT2D eigenvalue weighted by molar-refractivity contribution is 5.90. The van der Waals surface area contributed by atoms with Crippen LogP contribution in [-0.2, 0) is 9.53 Å². The number of methoxy groups -OCH3 is 1. The van der Waals surface area contributed by atoms with Gasteiger partial charge in [-0.25, -0.2) is 4.79 Å². The van der Waals surface area contributed by atoms with Crippen molar-refractivity contribution in [2.45, 2.75) is 19.8 Å². The van der Waals surface area contributed by atoms with E-state index in [4.69, 9.17) is 0 Å². The molecule has 0 heterocycles. The first-order chi connectivity index (χ1) is 9.17. The average molecular weight is 264 g/mol. The van der Waals surface area contributed by atoms with E-state index in [1.165, 1.54) is 7.11 Å². The smallest absolute Gasteiger partial charge is 0.337 e. The van der Waals surface area contributed by atoms with Crippen molar-refractivity contribution < 1.29 is 14.3 Å². The fourth-order valence-electron chi connectivity index (χ4n) is 1.52. The summed E-state index contributed by atoms with van der Waals surface area (Å²) in [5.41, 5.74) is 1.17. The Morgan fingerprint density at radius 1 is 1.32 bits per heavy atom. The van der Waals surface area contributed by atoms with E-state index in [1.54, 1.807) is 24.3 Å². The third kappa shape index (κ3) is 5.42. The maximum Gasteiger partial charge on any atom is 0.337 e. The van der Waals surface area contributed by atoms with E-state index in [2.05, 4.69) is 22.3 Å². The molecule has 0 aromatic heterocycles. The van der Waals surface area contributed by atoms with Gasteiger partial charge in [0.05, 0.1) is 19.2 Å². The zero-order valence-corrected chi connectivity index (χ0v) is 11.4. The molecule has 0 spiro atoms. The Hall–Kier alpha value is -2.04. The predicted molar refractivity (Wildman–Crippen MR) is 74.2 cm³/mol. The molecule has 1 aromatic rings. The van der Waals surface area contributed by atoms with Crippen LogP contribution in [0.5, 0.6) is 0 Å². The van der Waals surface area contributed by atoms with Crippen LogP contribution in [0.3, 0.4) is 0 Å². The topological polar surface area (TPSA) is 67.4 Å². The van der Waals surface area contributed by atoms with Crippen molar-refractivity contribution in [3.05, 3.63) is 29.8 Å². The van der Waals surface area contributed by atoms with Gasteiger partial charge in [0, 0.05) is 12.2 Å². The number of ether oxygens (including phenoxy) is 1. The van der Waals surface area contributed by atoms with Crippen LogP contribution in [-0.4, -0.2) is 32.1 Å². The summed E-state index contributed by atoms with van der Waals surface area (Å²) in [6.07, 6.45) is 2.03. The lowest BCUT2D eigenvalue weighted by atomic mass is 10.2. The predicted octanol–water partition coefficient (Wildman–Crippen LogP) is 1.80. The maximum atomic E-state index is 11.5. The Morgan fingerprint density at radius 2 is 2.11 bits per heavy atom. The molecule has 1 rings (SSSR count). The number of amides is 1. The van der Waals surface area contributed by atoms with Crippen LogP contribution in [0.1, 0.15) is 30.1 Å². The molecule has 0 atom stereocenters. The Morgan fingerprint density at radius 3 is 2.79 bits per heavy atom. The minimum Gasteiger partial charge on any atom is -0.465 e. The van der Waals surface area contributed by atoms with Crippen molar-refractivity contribution in [1.82, 2.24) is 5.32 Å². The number of unbranched alkanes of at least 4 members (excludes halogenated alkanes) is 1. The summed E-state index contributed by atoms with van der Waals surface area (Å²) < 4.78 is 4.64. The van der Waals surface area contributed by atoms with Gasteiger partial charge in [0.25, 0.3) is 0 Å². The van der Waals surface area contributed by atoms with Crippen molar-refractivity contribution in [1.29, 1.82) is 0 Å². The first-order valence-electron chi connectivity index (χ1n) is 6.36. The largest absolute Gasteiger partial charge is 0.465 e. The Kier molecular flexibility index (Phi) is 6.43. The molecule has 0 fully saturated rings. The minimum atomic E-state index is -0.393. The molecule has 0 bridgehead atoms. The van der Waals surface area contributed by atoms with Crippen molar-refractivity contribution in [3.63, 3.8) is 0 Å². The van der Waals surface area contributed by atoms with E-state index in [-0.39, 0.29) is 12.5 Å². The van der Waals surface area contributed by atoms with Crippen LogP contribution in [0.2, 0.25) is 0 Å². The number of carbonyl (C=O) groups excluding carboxylic acids is 2. The normalized spacial score (nSPS) is 9.79. The quantitative estimate of drug-likeness (QED) is 0.582. The number of hydrogen-bond donors (Lipinski definition) is 2. The van der Waals surface area contributed by atoms with Gasteiger partial charge in [-0.1, -0.05) is 19.4 Å². The van der Waals surface area contributed by atoms with E-state index in [0.29, 0.717) is 17.8 Å². The van der Waals surface area contributed by atoms with Crippen molar-refractivity contribution in [2.24, 2.45) is 0 Å². The number of benzene rings is 1. The van der Waals surface area contributed by atoms with Gasteiger partial charge in [-0.3, -0.25) is 4.79 Å². The van der Waals surface area contributed by atoms with E-state index >= 15 is 0 Å². The molecule has 5 nitrogen and oxygen atoms in total. The van der Waals surface area contributed by atoms with Gasteiger partial charge in [0.2, 0.25) is 5.91 Å². The lowest BCUT2D eigenvalue weighted by Gasteiger charge is -2.08. The molecule has 0 saturated carbocycles. The fourth-order valence-corrected chi connectivity index (χ4v) is 1.52. The van der Waals surface area contributed by atoms with E-state index < -0.39 is 5.97 Å². The molecule has 0 aliphatic rings. The Bertz CT molecular complexity index is 432. The van der Waals surface area contributed by atoms with E-state index in [1.807, 2.05) is 0 Å². The molecule has 0 saturated heterocycles. The third-order valence-corrected chi connectivity index (χ3v) is 2.59. The summed E-state index contributed by atoms with van der Waals surface area (Å²) in [4.78, 5) is 22.8. The zero-order valence-electron chi connectivity index (χ0n) is 11.4. The molecule has 1 aromatic carbocycles. The van der Waals surface area contributed by atoms with Crippen molar-refractivity contribution in [2.75, 3.05) is 25.5 Å². The molecular weight excluding hydrogens is 244 g/mol. The molecular formula is C14H20N2O3. The van der Waals surface area contributed by atoms with Gasteiger partial charge in [-0.15, -0.1) is 0 Å². The maximum absolute atomic E-state index is 11.5. The molecule has 19 heavy (non-hydrogen) atoms. The van der Waals surface area contributed by atoms with Crippen molar-refractivity contribution in [3.8, 4) is 0 Å². The van der Waals surface area contributed by atoms with Gasteiger partial charge in [-0.05, 0) is 24.6 Å². The SMILES string of the molecule is CCCCNC(=O)CNc1cccc(C(=O)OC)c1. The van der Waals surface area contributed by atoms with Crippen LogP contribution in [0, 0.1) is 0 Å². The van der Waals surface area contributed by atoms with Crippen LogP contribution in [0.15, 0.2) is 24.3 Å². The lowest BCUT2D eigenvalue weighted by Crippen LogP contribution is -2.30. The van der Waals surface area contributed by atoms with Gasteiger partial charge in [0.15, 0.2) is 0 Å².